The third-order valence-corrected chi connectivity index (χ3v) is 15.4. The Balaban J connectivity index is 1.21. The molecule has 3 heteroatoms. The predicted molar refractivity (Wildman–Crippen MR) is 300 cm³/mol. The highest BCUT2D eigenvalue weighted by molar-refractivity contribution is 6.11. The molecule has 1 aliphatic heterocycles. The monoisotopic (exact) mass is 928 g/mol. The molecule has 0 bridgehead atoms. The summed E-state index contributed by atoms with van der Waals surface area (Å²) in [5.74, 6) is 1.72. The summed E-state index contributed by atoms with van der Waals surface area (Å²) in [5, 5.41) is 0. The summed E-state index contributed by atoms with van der Waals surface area (Å²) in [6.45, 7) is 13.7. The van der Waals surface area contributed by atoms with Gasteiger partial charge in [-0.3, -0.25) is 0 Å². The minimum atomic E-state index is -0.809. The SMILES string of the molecule is CC(C)(C)c1ccc(N(c2ccccc2)c2cc3c4c(c2)C2(c5ccccc5Oc5ccccc52)c2cc(N(c5ccccc5)c5ccc(C(C)(C)C)cc5)cc(c2-4)-c2ccccc2-c2ccccc2-3)cc1. The highest BCUT2D eigenvalue weighted by Gasteiger charge is 2.53. The van der Waals surface area contributed by atoms with Gasteiger partial charge in [0.2, 0.25) is 0 Å². The molecule has 0 saturated heterocycles. The van der Waals surface area contributed by atoms with Gasteiger partial charge >= 0.3 is 0 Å². The van der Waals surface area contributed by atoms with E-state index in [9.17, 15) is 0 Å². The Hall–Kier alpha value is -8.40. The zero-order valence-corrected chi connectivity index (χ0v) is 41.7. The molecule has 3 nitrogen and oxygen atoms in total. The Labute approximate surface area is 424 Å². The van der Waals surface area contributed by atoms with Crippen LogP contribution in [0.4, 0.5) is 34.1 Å². The molecule has 348 valence electrons. The van der Waals surface area contributed by atoms with Crippen LogP contribution in [0.15, 0.2) is 231 Å². The summed E-state index contributed by atoms with van der Waals surface area (Å²) in [6.07, 6.45) is 0. The van der Waals surface area contributed by atoms with E-state index in [1.165, 1.54) is 66.8 Å². The Morgan fingerprint density at radius 1 is 0.292 bits per heavy atom. The first-order valence-corrected chi connectivity index (χ1v) is 25.3. The van der Waals surface area contributed by atoms with Gasteiger partial charge in [0.15, 0.2) is 0 Å². The molecule has 2 aliphatic carbocycles. The van der Waals surface area contributed by atoms with Gasteiger partial charge in [-0.2, -0.15) is 0 Å². The van der Waals surface area contributed by atoms with Crippen molar-refractivity contribution in [3.05, 3.63) is 264 Å². The van der Waals surface area contributed by atoms with E-state index >= 15 is 0 Å². The Morgan fingerprint density at radius 2 is 0.611 bits per heavy atom. The van der Waals surface area contributed by atoms with Gasteiger partial charge in [0.1, 0.15) is 11.5 Å². The van der Waals surface area contributed by atoms with Crippen molar-refractivity contribution >= 4 is 34.1 Å². The van der Waals surface area contributed by atoms with Crippen LogP contribution in [0.5, 0.6) is 11.5 Å². The second-order valence-electron chi connectivity index (χ2n) is 21.7. The number of nitrogens with zero attached hydrogens (tertiary/aromatic N) is 2. The van der Waals surface area contributed by atoms with E-state index < -0.39 is 5.41 Å². The smallest absolute Gasteiger partial charge is 0.132 e. The first-order chi connectivity index (χ1) is 35.0. The van der Waals surface area contributed by atoms with Gasteiger partial charge < -0.3 is 14.5 Å². The van der Waals surface area contributed by atoms with E-state index in [1.54, 1.807) is 0 Å². The van der Waals surface area contributed by atoms with Crippen LogP contribution in [-0.4, -0.2) is 0 Å². The highest BCUT2D eigenvalue weighted by Crippen LogP contribution is 2.67. The van der Waals surface area contributed by atoms with Crippen molar-refractivity contribution in [2.75, 3.05) is 9.80 Å². The van der Waals surface area contributed by atoms with Crippen LogP contribution in [0.25, 0.3) is 44.5 Å². The fourth-order valence-electron chi connectivity index (χ4n) is 12.0. The molecular formula is C69H56N2O. The lowest BCUT2D eigenvalue weighted by Gasteiger charge is -2.40. The average Bonchev–Trinajstić information content (AvgIpc) is 3.68. The predicted octanol–water partition coefficient (Wildman–Crippen LogP) is 19.0. The number of para-hydroxylation sites is 4. The van der Waals surface area contributed by atoms with Gasteiger partial charge in [0.05, 0.1) is 5.41 Å². The lowest BCUT2D eigenvalue weighted by atomic mass is 9.65. The molecule has 0 unspecified atom stereocenters. The maximum atomic E-state index is 7.02. The maximum absolute atomic E-state index is 7.02. The molecule has 1 heterocycles. The van der Waals surface area contributed by atoms with E-state index in [-0.39, 0.29) is 10.8 Å². The van der Waals surface area contributed by atoms with Crippen molar-refractivity contribution in [1.82, 2.24) is 0 Å². The van der Waals surface area contributed by atoms with E-state index in [2.05, 4.69) is 282 Å². The molecular weight excluding hydrogens is 873 g/mol. The fourth-order valence-corrected chi connectivity index (χ4v) is 12.0. The zero-order valence-electron chi connectivity index (χ0n) is 41.7. The third kappa shape index (κ3) is 6.71. The Kier molecular flexibility index (Phi) is 9.89. The second kappa shape index (κ2) is 16.3. The summed E-state index contributed by atoms with van der Waals surface area (Å²) in [7, 11) is 0. The van der Waals surface area contributed by atoms with Crippen LogP contribution >= 0.6 is 0 Å². The number of benzene rings is 10. The van der Waals surface area contributed by atoms with E-state index in [0.29, 0.717) is 0 Å². The van der Waals surface area contributed by atoms with Crippen molar-refractivity contribution in [2.24, 2.45) is 0 Å². The van der Waals surface area contributed by atoms with Crippen LogP contribution in [0.3, 0.4) is 0 Å². The minimum absolute atomic E-state index is 0.00906. The van der Waals surface area contributed by atoms with E-state index in [1.807, 2.05) is 0 Å². The lowest BCUT2D eigenvalue weighted by Crippen LogP contribution is -2.32. The molecule has 1 spiro atoms. The van der Waals surface area contributed by atoms with Crippen molar-refractivity contribution in [3.8, 4) is 56.0 Å². The average molecular weight is 929 g/mol. The standard InChI is InChI=1S/C69H56N2O/c1-67(2,3)45-33-37-49(38-34-45)70(47-21-9-7-10-22-47)51-41-57-55-27-15-13-25-53(55)54-26-14-16-28-56(54)58-42-52(71(48-23-11-8-12-24-48)50-39-35-46(36-40-50)68(4,5)6)44-62-66(58)65(57)61(43-51)69(62)59-29-17-19-31-63(59)72-64-32-20-18-30-60(64)69/h7-44H,1-6H3. The quantitative estimate of drug-likeness (QED) is 0.165. The number of hydrogen-bond acceptors (Lipinski definition) is 3. The van der Waals surface area contributed by atoms with Crippen LogP contribution in [0.1, 0.15) is 74.9 Å². The van der Waals surface area contributed by atoms with Gasteiger partial charge in [-0.25, -0.2) is 0 Å². The van der Waals surface area contributed by atoms with Gasteiger partial charge in [0, 0.05) is 45.3 Å². The largest absolute Gasteiger partial charge is 0.457 e. The van der Waals surface area contributed by atoms with E-state index in [0.717, 1.165) is 56.8 Å². The number of anilines is 6. The van der Waals surface area contributed by atoms with Crippen LogP contribution in [0.2, 0.25) is 0 Å². The van der Waals surface area contributed by atoms with Crippen LogP contribution < -0.4 is 14.5 Å². The molecule has 10 aromatic rings. The molecule has 0 radical (unpaired) electrons. The topological polar surface area (TPSA) is 15.7 Å². The molecule has 0 N–H and O–H groups in total. The first-order valence-electron chi connectivity index (χ1n) is 25.3. The number of hydrogen-bond donors (Lipinski definition) is 0. The van der Waals surface area contributed by atoms with Crippen molar-refractivity contribution in [2.45, 2.75) is 57.8 Å². The highest BCUT2D eigenvalue weighted by atomic mass is 16.5. The molecule has 72 heavy (non-hydrogen) atoms. The summed E-state index contributed by atoms with van der Waals surface area (Å²) < 4.78 is 7.02. The maximum Gasteiger partial charge on any atom is 0.132 e. The lowest BCUT2D eigenvalue weighted by molar-refractivity contribution is 0.436. The summed E-state index contributed by atoms with van der Waals surface area (Å²) in [5.41, 5.74) is 22.8. The zero-order chi connectivity index (χ0) is 48.9. The van der Waals surface area contributed by atoms with Crippen LogP contribution in [-0.2, 0) is 16.2 Å². The summed E-state index contributed by atoms with van der Waals surface area (Å²) in [4.78, 5) is 4.91. The Morgan fingerprint density at radius 3 is 0.986 bits per heavy atom. The molecule has 3 aliphatic rings. The summed E-state index contributed by atoms with van der Waals surface area (Å²) in [6, 6.07) is 85.8. The van der Waals surface area contributed by atoms with Crippen LogP contribution in [0, 0.1) is 0 Å². The number of rotatable bonds is 6. The number of fused-ring (bicyclic) bond motifs is 11. The second-order valence-corrected chi connectivity index (χ2v) is 21.7. The molecule has 10 aromatic carbocycles. The first kappa shape index (κ1) is 43.6. The third-order valence-electron chi connectivity index (χ3n) is 15.4. The van der Waals surface area contributed by atoms with Gasteiger partial charge in [-0.05, 0) is 163 Å². The molecule has 0 saturated carbocycles. The number of ether oxygens (including phenoxy) is 1. The molecule has 0 aromatic heterocycles. The normalized spacial score (nSPS) is 13.4. The van der Waals surface area contributed by atoms with E-state index in [4.69, 9.17) is 4.74 Å². The minimum Gasteiger partial charge on any atom is -0.457 e. The van der Waals surface area contributed by atoms with Crippen molar-refractivity contribution < 1.29 is 4.74 Å². The van der Waals surface area contributed by atoms with Gasteiger partial charge in [-0.1, -0.05) is 187 Å². The molecule has 0 amide bonds. The summed E-state index contributed by atoms with van der Waals surface area (Å²) >= 11 is 0. The van der Waals surface area contributed by atoms with Gasteiger partial charge in [0.25, 0.3) is 0 Å². The molecule has 13 rings (SSSR count). The fraction of sp³-hybridized carbons (Fsp3) is 0.130. The molecule has 0 fully saturated rings. The van der Waals surface area contributed by atoms with Crippen molar-refractivity contribution in [3.63, 3.8) is 0 Å². The van der Waals surface area contributed by atoms with Gasteiger partial charge in [-0.15, -0.1) is 0 Å². The molecule has 0 atom stereocenters. The Bertz CT molecular complexity index is 3480. The van der Waals surface area contributed by atoms with Crippen molar-refractivity contribution in [1.29, 1.82) is 0 Å².